The van der Waals surface area contributed by atoms with Crippen molar-refractivity contribution in [2.24, 2.45) is 0 Å². The number of unbranched alkanes of at least 4 members (excludes halogenated alkanes) is 1. The molecule has 146 valence electrons. The van der Waals surface area contributed by atoms with Gasteiger partial charge in [-0.25, -0.2) is 0 Å². The van der Waals surface area contributed by atoms with E-state index in [1.807, 2.05) is 0 Å². The van der Waals surface area contributed by atoms with Crippen molar-refractivity contribution in [3.8, 4) is 0 Å². The summed E-state index contributed by atoms with van der Waals surface area (Å²) >= 11 is 0. The number of nitrogens with one attached hydrogen (secondary N) is 1. The van der Waals surface area contributed by atoms with Crippen LogP contribution in [0.1, 0.15) is 65.2 Å². The molecule has 0 spiro atoms. The SMILES string of the molecule is CC/C=C/C/C=C/C/C=C/C/C=C/C/C=C/CCCC(=O)NC(C)CO. The van der Waals surface area contributed by atoms with E-state index in [-0.39, 0.29) is 18.6 Å². The van der Waals surface area contributed by atoms with Gasteiger partial charge >= 0.3 is 0 Å². The number of hydrogen-bond donors (Lipinski definition) is 2. The second-order valence-corrected chi connectivity index (χ2v) is 6.25. The highest BCUT2D eigenvalue weighted by Gasteiger charge is 2.04. The molecule has 1 atom stereocenters. The lowest BCUT2D eigenvalue weighted by Crippen LogP contribution is -2.34. The predicted octanol–water partition coefficient (Wildman–Crippen LogP) is 5.41. The second-order valence-electron chi connectivity index (χ2n) is 6.25. The molecule has 0 aliphatic carbocycles. The van der Waals surface area contributed by atoms with Crippen LogP contribution >= 0.6 is 0 Å². The maximum Gasteiger partial charge on any atom is 0.220 e. The molecule has 0 aliphatic rings. The van der Waals surface area contributed by atoms with Gasteiger partial charge in [0.15, 0.2) is 0 Å². The van der Waals surface area contributed by atoms with Gasteiger partial charge in [-0.3, -0.25) is 4.79 Å². The predicted molar refractivity (Wildman–Crippen MR) is 113 cm³/mol. The van der Waals surface area contributed by atoms with Crippen LogP contribution < -0.4 is 5.32 Å². The van der Waals surface area contributed by atoms with E-state index in [2.05, 4.69) is 73.0 Å². The molecule has 1 unspecified atom stereocenters. The molecule has 0 bridgehead atoms. The maximum absolute atomic E-state index is 11.5. The highest BCUT2D eigenvalue weighted by atomic mass is 16.3. The minimum Gasteiger partial charge on any atom is -0.394 e. The van der Waals surface area contributed by atoms with Crippen LogP contribution in [0.3, 0.4) is 0 Å². The molecule has 3 nitrogen and oxygen atoms in total. The summed E-state index contributed by atoms with van der Waals surface area (Å²) in [6.07, 6.45) is 29.1. The molecule has 2 N–H and O–H groups in total. The van der Waals surface area contributed by atoms with Crippen LogP contribution in [0.2, 0.25) is 0 Å². The number of allylic oxidation sites excluding steroid dienone is 10. The van der Waals surface area contributed by atoms with Crippen molar-refractivity contribution in [2.75, 3.05) is 6.61 Å². The molecule has 0 heterocycles. The fourth-order valence-electron chi connectivity index (χ4n) is 2.14. The molecule has 0 aromatic heterocycles. The second kappa shape index (κ2) is 19.5. The zero-order valence-corrected chi connectivity index (χ0v) is 16.6. The van der Waals surface area contributed by atoms with E-state index in [9.17, 15) is 4.79 Å². The number of aliphatic hydroxyl groups excluding tert-OH is 1. The Morgan fingerprint density at radius 3 is 1.77 bits per heavy atom. The third-order valence-electron chi connectivity index (χ3n) is 3.61. The Morgan fingerprint density at radius 2 is 1.31 bits per heavy atom. The topological polar surface area (TPSA) is 49.3 Å². The Morgan fingerprint density at radius 1 is 0.846 bits per heavy atom. The Kier molecular flexibility index (Phi) is 18.1. The Bertz CT molecular complexity index is 473. The molecule has 0 radical (unpaired) electrons. The molecule has 0 aromatic carbocycles. The van der Waals surface area contributed by atoms with Gasteiger partial charge in [-0.15, -0.1) is 0 Å². The normalized spacial score (nSPS) is 13.8. The molecule has 0 saturated carbocycles. The third kappa shape index (κ3) is 18.5. The average Bonchev–Trinajstić information content (AvgIpc) is 2.64. The van der Waals surface area contributed by atoms with E-state index in [1.54, 1.807) is 6.92 Å². The first-order chi connectivity index (χ1) is 12.7. The lowest BCUT2D eigenvalue weighted by Gasteiger charge is -2.09. The van der Waals surface area contributed by atoms with Gasteiger partial charge in [-0.2, -0.15) is 0 Å². The summed E-state index contributed by atoms with van der Waals surface area (Å²) in [5, 5.41) is 11.6. The zero-order valence-electron chi connectivity index (χ0n) is 16.6. The van der Waals surface area contributed by atoms with Crippen LogP contribution in [0, 0.1) is 0 Å². The van der Waals surface area contributed by atoms with E-state index < -0.39 is 0 Å². The summed E-state index contributed by atoms with van der Waals surface area (Å²) in [6, 6.07) is -0.156. The summed E-state index contributed by atoms with van der Waals surface area (Å²) < 4.78 is 0. The first kappa shape index (κ1) is 24.1. The van der Waals surface area contributed by atoms with Crippen LogP contribution in [0.25, 0.3) is 0 Å². The van der Waals surface area contributed by atoms with Crippen molar-refractivity contribution in [1.29, 1.82) is 0 Å². The molecular formula is C23H37NO2. The number of rotatable bonds is 15. The number of aliphatic hydroxyl groups is 1. The van der Waals surface area contributed by atoms with E-state index >= 15 is 0 Å². The standard InChI is InChI=1S/C23H37NO2/c1-3-4-5-6-7-8-9-10-11-12-13-14-15-16-17-18-19-20-23(26)24-22(2)21-25/h4-5,7-8,10-11,13-14,16-17,22,25H,3,6,9,12,15,18-21H2,1-2H3,(H,24,26)/b5-4+,8-7+,11-10+,14-13+,17-16+. The van der Waals surface area contributed by atoms with Gasteiger partial charge in [0.1, 0.15) is 0 Å². The lowest BCUT2D eigenvalue weighted by atomic mass is 10.2. The molecule has 3 heteroatoms. The van der Waals surface area contributed by atoms with Gasteiger partial charge in [-0.1, -0.05) is 67.7 Å². The quantitative estimate of drug-likeness (QED) is 0.303. The molecule has 0 aromatic rings. The number of amides is 1. The molecule has 26 heavy (non-hydrogen) atoms. The lowest BCUT2D eigenvalue weighted by molar-refractivity contribution is -0.122. The van der Waals surface area contributed by atoms with E-state index in [0.29, 0.717) is 6.42 Å². The van der Waals surface area contributed by atoms with Crippen molar-refractivity contribution >= 4 is 5.91 Å². The van der Waals surface area contributed by atoms with Crippen molar-refractivity contribution < 1.29 is 9.90 Å². The first-order valence-electron chi connectivity index (χ1n) is 9.85. The molecule has 0 fully saturated rings. The monoisotopic (exact) mass is 359 g/mol. The van der Waals surface area contributed by atoms with Crippen LogP contribution in [0.4, 0.5) is 0 Å². The average molecular weight is 360 g/mol. The van der Waals surface area contributed by atoms with E-state index in [1.165, 1.54) is 0 Å². The fourth-order valence-corrected chi connectivity index (χ4v) is 2.14. The summed E-state index contributed by atoms with van der Waals surface area (Å²) in [7, 11) is 0. The third-order valence-corrected chi connectivity index (χ3v) is 3.61. The maximum atomic E-state index is 11.5. The van der Waals surface area contributed by atoms with Gasteiger partial charge in [0.05, 0.1) is 6.61 Å². The minimum atomic E-state index is -0.156. The summed E-state index contributed by atoms with van der Waals surface area (Å²) in [6.45, 7) is 3.93. The van der Waals surface area contributed by atoms with E-state index in [0.717, 1.165) is 44.9 Å². The van der Waals surface area contributed by atoms with Crippen LogP contribution in [-0.2, 0) is 4.79 Å². The van der Waals surface area contributed by atoms with Gasteiger partial charge in [0.2, 0.25) is 5.91 Å². The fraction of sp³-hybridized carbons (Fsp3) is 0.522. The van der Waals surface area contributed by atoms with Gasteiger partial charge in [-0.05, 0) is 51.9 Å². The van der Waals surface area contributed by atoms with Gasteiger partial charge in [0.25, 0.3) is 0 Å². The molecule has 1 amide bonds. The summed E-state index contributed by atoms with van der Waals surface area (Å²) in [5.41, 5.74) is 0. The van der Waals surface area contributed by atoms with Gasteiger partial charge in [0, 0.05) is 12.5 Å². The van der Waals surface area contributed by atoms with Crippen molar-refractivity contribution in [3.63, 3.8) is 0 Å². The number of carbonyl (C=O) groups excluding carboxylic acids is 1. The summed E-state index contributed by atoms with van der Waals surface area (Å²) in [5.74, 6) is 0.0129. The highest BCUT2D eigenvalue weighted by Crippen LogP contribution is 2.00. The van der Waals surface area contributed by atoms with Crippen molar-refractivity contribution in [2.45, 2.75) is 71.3 Å². The van der Waals surface area contributed by atoms with Crippen LogP contribution in [0.5, 0.6) is 0 Å². The summed E-state index contributed by atoms with van der Waals surface area (Å²) in [4.78, 5) is 11.5. The van der Waals surface area contributed by atoms with Crippen molar-refractivity contribution in [3.05, 3.63) is 60.8 Å². The first-order valence-corrected chi connectivity index (χ1v) is 9.85. The Labute approximate surface area is 160 Å². The largest absolute Gasteiger partial charge is 0.394 e. The molecule has 0 saturated heterocycles. The smallest absolute Gasteiger partial charge is 0.220 e. The highest BCUT2D eigenvalue weighted by molar-refractivity contribution is 5.76. The van der Waals surface area contributed by atoms with E-state index in [4.69, 9.17) is 5.11 Å². The van der Waals surface area contributed by atoms with Crippen LogP contribution in [0.15, 0.2) is 60.8 Å². The Balaban J connectivity index is 3.54. The zero-order chi connectivity index (χ0) is 19.3. The molecule has 0 rings (SSSR count). The van der Waals surface area contributed by atoms with Crippen molar-refractivity contribution in [1.82, 2.24) is 5.32 Å². The Hall–Kier alpha value is -1.87. The van der Waals surface area contributed by atoms with Gasteiger partial charge < -0.3 is 10.4 Å². The molecular weight excluding hydrogens is 322 g/mol. The molecule has 0 aliphatic heterocycles. The van der Waals surface area contributed by atoms with Crippen LogP contribution in [-0.4, -0.2) is 23.7 Å². The number of hydrogen-bond acceptors (Lipinski definition) is 2. The minimum absolute atomic E-state index is 0.0129. The number of carbonyl (C=O) groups is 1.